The van der Waals surface area contributed by atoms with Gasteiger partial charge in [0, 0.05) is 18.8 Å². The van der Waals surface area contributed by atoms with Crippen molar-refractivity contribution < 1.29 is 9.90 Å². The van der Waals surface area contributed by atoms with Crippen LogP contribution in [0.25, 0.3) is 6.08 Å². The largest absolute Gasteiger partial charge is 0.477 e. The van der Waals surface area contributed by atoms with Crippen molar-refractivity contribution in [3.8, 4) is 6.07 Å². The molecule has 4 nitrogen and oxygen atoms in total. The van der Waals surface area contributed by atoms with Crippen LogP contribution in [0.1, 0.15) is 16.7 Å². The standard InChI is InChI=1S/C24H20N2O2/c25-16-22(24(27)28)15-19-11-13-23(14-12-19)26(17-20-7-3-1-4-8-20)18-21-9-5-2-6-10-21/h1-15H,17-18H2,(H,27,28)/b22-15-. The Balaban J connectivity index is 1.87. The van der Waals surface area contributed by atoms with Crippen LogP contribution in [0.15, 0.2) is 90.5 Å². The Morgan fingerprint density at radius 2 is 1.36 bits per heavy atom. The number of nitrogens with zero attached hydrogens (tertiary/aromatic N) is 2. The number of hydrogen-bond acceptors (Lipinski definition) is 3. The maximum absolute atomic E-state index is 11.0. The van der Waals surface area contributed by atoms with E-state index in [4.69, 9.17) is 10.4 Å². The average Bonchev–Trinajstić information content (AvgIpc) is 2.73. The monoisotopic (exact) mass is 368 g/mol. The SMILES string of the molecule is N#C/C(=C/c1ccc(N(Cc2ccccc2)Cc2ccccc2)cc1)C(=O)O. The number of aliphatic carboxylic acids is 1. The van der Waals surface area contributed by atoms with Gasteiger partial charge in [0.05, 0.1) is 0 Å². The van der Waals surface area contributed by atoms with Gasteiger partial charge in [-0.1, -0.05) is 72.8 Å². The molecular weight excluding hydrogens is 348 g/mol. The number of rotatable bonds is 7. The summed E-state index contributed by atoms with van der Waals surface area (Å²) in [6.45, 7) is 1.51. The van der Waals surface area contributed by atoms with Gasteiger partial charge in [-0.2, -0.15) is 5.26 Å². The van der Waals surface area contributed by atoms with E-state index in [0.29, 0.717) is 5.56 Å². The molecular formula is C24H20N2O2. The summed E-state index contributed by atoms with van der Waals surface area (Å²) in [5.41, 5.74) is 3.85. The zero-order valence-electron chi connectivity index (χ0n) is 15.3. The Labute approximate surface area is 164 Å². The summed E-state index contributed by atoms with van der Waals surface area (Å²) in [5.74, 6) is -1.22. The molecule has 0 unspecified atom stereocenters. The second kappa shape index (κ2) is 9.20. The van der Waals surface area contributed by atoms with Crippen LogP contribution in [0.2, 0.25) is 0 Å². The average molecular weight is 368 g/mol. The lowest BCUT2D eigenvalue weighted by molar-refractivity contribution is -0.132. The summed E-state index contributed by atoms with van der Waals surface area (Å²) in [6, 6.07) is 29.8. The quantitative estimate of drug-likeness (QED) is 0.477. The molecule has 0 aliphatic heterocycles. The first-order valence-electron chi connectivity index (χ1n) is 8.93. The van der Waals surface area contributed by atoms with Crippen molar-refractivity contribution in [3.05, 3.63) is 107 Å². The minimum atomic E-state index is -1.22. The zero-order chi connectivity index (χ0) is 19.8. The molecule has 0 fully saturated rings. The van der Waals surface area contributed by atoms with Crippen molar-refractivity contribution in [2.75, 3.05) is 4.90 Å². The van der Waals surface area contributed by atoms with Crippen LogP contribution in [0, 0.1) is 11.3 Å². The van der Waals surface area contributed by atoms with E-state index >= 15 is 0 Å². The second-order valence-corrected chi connectivity index (χ2v) is 6.39. The number of hydrogen-bond donors (Lipinski definition) is 1. The number of carboxylic acids is 1. The Morgan fingerprint density at radius 3 is 1.79 bits per heavy atom. The molecule has 0 aliphatic carbocycles. The maximum Gasteiger partial charge on any atom is 0.346 e. The van der Waals surface area contributed by atoms with Crippen LogP contribution >= 0.6 is 0 Å². The number of anilines is 1. The van der Waals surface area contributed by atoms with Gasteiger partial charge in [-0.15, -0.1) is 0 Å². The van der Waals surface area contributed by atoms with Gasteiger partial charge in [-0.05, 0) is 34.9 Å². The fourth-order valence-corrected chi connectivity index (χ4v) is 2.94. The summed E-state index contributed by atoms with van der Waals surface area (Å²) in [4.78, 5) is 13.3. The molecule has 138 valence electrons. The normalized spacial score (nSPS) is 10.9. The van der Waals surface area contributed by atoms with Crippen molar-refractivity contribution in [1.29, 1.82) is 5.26 Å². The highest BCUT2D eigenvalue weighted by atomic mass is 16.4. The first-order valence-corrected chi connectivity index (χ1v) is 8.93. The molecule has 0 radical (unpaired) electrons. The van der Waals surface area contributed by atoms with E-state index in [0.717, 1.165) is 18.8 Å². The molecule has 0 saturated carbocycles. The van der Waals surface area contributed by atoms with Gasteiger partial charge in [0.1, 0.15) is 11.6 Å². The van der Waals surface area contributed by atoms with Crippen LogP contribution in [0.5, 0.6) is 0 Å². The first-order chi connectivity index (χ1) is 13.7. The highest BCUT2D eigenvalue weighted by Gasteiger charge is 2.10. The molecule has 0 atom stereocenters. The minimum Gasteiger partial charge on any atom is -0.477 e. The smallest absolute Gasteiger partial charge is 0.346 e. The number of nitriles is 1. The van der Waals surface area contributed by atoms with Crippen LogP contribution in [0.3, 0.4) is 0 Å². The first kappa shape index (κ1) is 18.9. The van der Waals surface area contributed by atoms with Gasteiger partial charge in [-0.3, -0.25) is 0 Å². The van der Waals surface area contributed by atoms with E-state index in [1.165, 1.54) is 17.2 Å². The molecule has 3 rings (SSSR count). The summed E-state index contributed by atoms with van der Waals surface area (Å²) in [5, 5.41) is 17.9. The fraction of sp³-hybridized carbons (Fsp3) is 0.0833. The van der Waals surface area contributed by atoms with Crippen molar-refractivity contribution in [3.63, 3.8) is 0 Å². The summed E-state index contributed by atoms with van der Waals surface area (Å²) in [6.07, 6.45) is 1.38. The Bertz CT molecular complexity index is 947. The number of benzene rings is 3. The molecule has 3 aromatic carbocycles. The lowest BCUT2D eigenvalue weighted by atomic mass is 10.1. The summed E-state index contributed by atoms with van der Waals surface area (Å²) >= 11 is 0. The Hall–Kier alpha value is -3.84. The molecule has 28 heavy (non-hydrogen) atoms. The van der Waals surface area contributed by atoms with E-state index in [2.05, 4.69) is 29.2 Å². The predicted molar refractivity (Wildman–Crippen MR) is 110 cm³/mol. The maximum atomic E-state index is 11.0. The highest BCUT2D eigenvalue weighted by Crippen LogP contribution is 2.22. The Kier molecular flexibility index (Phi) is 6.22. The van der Waals surface area contributed by atoms with Gasteiger partial charge in [-0.25, -0.2) is 4.79 Å². The fourth-order valence-electron chi connectivity index (χ4n) is 2.94. The molecule has 0 aliphatic rings. The molecule has 0 heterocycles. The van der Waals surface area contributed by atoms with Gasteiger partial charge < -0.3 is 10.0 Å². The van der Waals surface area contributed by atoms with Crippen LogP contribution in [0.4, 0.5) is 5.69 Å². The van der Waals surface area contributed by atoms with Gasteiger partial charge in [0.15, 0.2) is 0 Å². The molecule has 0 saturated heterocycles. The molecule has 0 aromatic heterocycles. The van der Waals surface area contributed by atoms with Crippen LogP contribution in [-0.4, -0.2) is 11.1 Å². The number of carbonyl (C=O) groups is 1. The van der Waals surface area contributed by atoms with Crippen molar-refractivity contribution in [2.24, 2.45) is 0 Å². The third-order valence-corrected chi connectivity index (χ3v) is 4.35. The highest BCUT2D eigenvalue weighted by molar-refractivity contribution is 5.96. The summed E-state index contributed by atoms with van der Waals surface area (Å²) < 4.78 is 0. The molecule has 4 heteroatoms. The van der Waals surface area contributed by atoms with E-state index in [-0.39, 0.29) is 5.57 Å². The van der Waals surface area contributed by atoms with Crippen molar-refractivity contribution >= 4 is 17.7 Å². The van der Waals surface area contributed by atoms with E-state index in [9.17, 15) is 4.79 Å². The van der Waals surface area contributed by atoms with Crippen molar-refractivity contribution in [2.45, 2.75) is 13.1 Å². The third kappa shape index (κ3) is 5.09. The molecule has 3 aromatic rings. The van der Waals surface area contributed by atoms with Gasteiger partial charge in [0.25, 0.3) is 0 Å². The number of carboxylic acid groups (broad SMARTS) is 1. The topological polar surface area (TPSA) is 64.3 Å². The van der Waals surface area contributed by atoms with Crippen molar-refractivity contribution in [1.82, 2.24) is 0 Å². The Morgan fingerprint density at radius 1 is 0.857 bits per heavy atom. The lowest BCUT2D eigenvalue weighted by Crippen LogP contribution is -2.22. The molecule has 1 N–H and O–H groups in total. The van der Waals surface area contributed by atoms with Gasteiger partial charge >= 0.3 is 5.97 Å². The van der Waals surface area contributed by atoms with E-state index in [1.54, 1.807) is 6.07 Å². The van der Waals surface area contributed by atoms with Gasteiger partial charge in [0.2, 0.25) is 0 Å². The van der Waals surface area contributed by atoms with Crippen LogP contribution < -0.4 is 4.90 Å². The second-order valence-electron chi connectivity index (χ2n) is 6.39. The summed E-state index contributed by atoms with van der Waals surface area (Å²) in [7, 11) is 0. The molecule has 0 spiro atoms. The molecule has 0 amide bonds. The van der Waals surface area contributed by atoms with Crippen LogP contribution in [-0.2, 0) is 17.9 Å². The minimum absolute atomic E-state index is 0.279. The molecule has 0 bridgehead atoms. The third-order valence-electron chi connectivity index (χ3n) is 4.35. The zero-order valence-corrected chi connectivity index (χ0v) is 15.3. The van der Waals surface area contributed by atoms with E-state index < -0.39 is 5.97 Å². The lowest BCUT2D eigenvalue weighted by Gasteiger charge is -2.25. The predicted octanol–water partition coefficient (Wildman–Crippen LogP) is 4.88. The van der Waals surface area contributed by atoms with E-state index in [1.807, 2.05) is 60.7 Å².